The summed E-state index contributed by atoms with van der Waals surface area (Å²) in [6, 6.07) is 7.89. The van der Waals surface area contributed by atoms with Gasteiger partial charge in [0.15, 0.2) is 0 Å². The lowest BCUT2D eigenvalue weighted by Crippen LogP contribution is -2.20. The molecule has 0 saturated heterocycles. The third-order valence-corrected chi connectivity index (χ3v) is 3.55. The monoisotopic (exact) mass is 287 g/mol. The highest BCUT2D eigenvalue weighted by Crippen LogP contribution is 2.29. The number of nitrogens with one attached hydrogen (secondary N) is 1. The second kappa shape index (κ2) is 6.54. The standard InChI is InChI=1S/C16H21N3O2/c1-10-9-14(20-4)11(2)8-12(10)16(17-3)13-6-7-15(21-5)19-18-13/h6-9,16-17H,1-5H3. The minimum absolute atomic E-state index is 0.0204. The zero-order valence-corrected chi connectivity index (χ0v) is 13.1. The van der Waals surface area contributed by atoms with E-state index in [0.717, 1.165) is 28.1 Å². The molecule has 0 saturated carbocycles. The minimum atomic E-state index is -0.0204. The quantitative estimate of drug-likeness (QED) is 0.915. The Balaban J connectivity index is 2.43. The van der Waals surface area contributed by atoms with E-state index in [1.807, 2.05) is 32.2 Å². The molecule has 1 heterocycles. The van der Waals surface area contributed by atoms with Gasteiger partial charge in [0.05, 0.1) is 26.0 Å². The lowest BCUT2D eigenvalue weighted by molar-refractivity contribution is 0.390. The highest BCUT2D eigenvalue weighted by Gasteiger charge is 2.18. The molecule has 2 rings (SSSR count). The average molecular weight is 287 g/mol. The van der Waals surface area contributed by atoms with Gasteiger partial charge in [0.2, 0.25) is 5.88 Å². The summed E-state index contributed by atoms with van der Waals surface area (Å²) in [6.45, 7) is 4.10. The summed E-state index contributed by atoms with van der Waals surface area (Å²) >= 11 is 0. The molecule has 21 heavy (non-hydrogen) atoms. The molecule has 0 aliphatic carbocycles. The second-order valence-electron chi connectivity index (χ2n) is 4.90. The van der Waals surface area contributed by atoms with Crippen molar-refractivity contribution >= 4 is 0 Å². The number of methoxy groups -OCH3 is 2. The van der Waals surface area contributed by atoms with E-state index in [-0.39, 0.29) is 6.04 Å². The first-order valence-electron chi connectivity index (χ1n) is 6.80. The lowest BCUT2D eigenvalue weighted by Gasteiger charge is -2.20. The summed E-state index contributed by atoms with van der Waals surface area (Å²) in [4.78, 5) is 0. The first-order chi connectivity index (χ1) is 10.1. The van der Waals surface area contributed by atoms with Gasteiger partial charge in [-0.2, -0.15) is 0 Å². The summed E-state index contributed by atoms with van der Waals surface area (Å²) in [7, 11) is 5.18. The first-order valence-corrected chi connectivity index (χ1v) is 6.80. The lowest BCUT2D eigenvalue weighted by atomic mass is 9.96. The van der Waals surface area contributed by atoms with Crippen molar-refractivity contribution in [1.29, 1.82) is 0 Å². The predicted molar refractivity (Wildman–Crippen MR) is 82.0 cm³/mol. The van der Waals surface area contributed by atoms with Gasteiger partial charge < -0.3 is 14.8 Å². The van der Waals surface area contributed by atoms with Crippen molar-refractivity contribution in [2.45, 2.75) is 19.9 Å². The predicted octanol–water partition coefficient (Wildman–Crippen LogP) is 2.42. The molecule has 1 N–H and O–H groups in total. The highest BCUT2D eigenvalue weighted by atomic mass is 16.5. The third kappa shape index (κ3) is 3.13. The number of benzene rings is 1. The Morgan fingerprint density at radius 1 is 1.00 bits per heavy atom. The van der Waals surface area contributed by atoms with Gasteiger partial charge in [-0.3, -0.25) is 0 Å². The van der Waals surface area contributed by atoms with E-state index in [1.54, 1.807) is 14.2 Å². The second-order valence-corrected chi connectivity index (χ2v) is 4.90. The molecule has 5 heteroatoms. The molecule has 0 spiro atoms. The molecule has 0 fully saturated rings. The van der Waals surface area contributed by atoms with E-state index >= 15 is 0 Å². The van der Waals surface area contributed by atoms with Crippen LogP contribution in [0.4, 0.5) is 0 Å². The van der Waals surface area contributed by atoms with Crippen molar-refractivity contribution in [3.63, 3.8) is 0 Å². The van der Waals surface area contributed by atoms with Gasteiger partial charge in [-0.1, -0.05) is 6.07 Å². The van der Waals surface area contributed by atoms with Crippen molar-refractivity contribution in [2.75, 3.05) is 21.3 Å². The van der Waals surface area contributed by atoms with Crippen LogP contribution in [0.15, 0.2) is 24.3 Å². The van der Waals surface area contributed by atoms with Crippen LogP contribution >= 0.6 is 0 Å². The molecule has 0 aliphatic heterocycles. The van der Waals surface area contributed by atoms with Crippen molar-refractivity contribution < 1.29 is 9.47 Å². The van der Waals surface area contributed by atoms with Gasteiger partial charge >= 0.3 is 0 Å². The molecule has 2 aromatic rings. The highest BCUT2D eigenvalue weighted by molar-refractivity contribution is 5.44. The average Bonchev–Trinajstić information content (AvgIpc) is 2.51. The third-order valence-electron chi connectivity index (χ3n) is 3.55. The number of aryl methyl sites for hydroxylation is 2. The number of hydrogen-bond acceptors (Lipinski definition) is 5. The summed E-state index contributed by atoms with van der Waals surface area (Å²) in [5.74, 6) is 1.41. The van der Waals surface area contributed by atoms with Crippen molar-refractivity contribution in [3.05, 3.63) is 46.6 Å². The fourth-order valence-electron chi connectivity index (χ4n) is 2.40. The van der Waals surface area contributed by atoms with Crippen LogP contribution in [-0.4, -0.2) is 31.5 Å². The number of rotatable bonds is 5. The summed E-state index contributed by atoms with van der Waals surface area (Å²) in [5.41, 5.74) is 4.26. The maximum absolute atomic E-state index is 5.37. The molecule has 0 amide bonds. The molecular formula is C16H21N3O2. The van der Waals surface area contributed by atoms with Crippen LogP contribution in [0.2, 0.25) is 0 Å². The van der Waals surface area contributed by atoms with E-state index < -0.39 is 0 Å². The van der Waals surface area contributed by atoms with Gasteiger partial charge in [0.1, 0.15) is 5.75 Å². The molecule has 1 atom stereocenters. The van der Waals surface area contributed by atoms with Crippen LogP contribution < -0.4 is 14.8 Å². The summed E-state index contributed by atoms with van der Waals surface area (Å²) < 4.78 is 10.4. The number of aromatic nitrogens is 2. The Bertz CT molecular complexity index is 612. The van der Waals surface area contributed by atoms with Crippen molar-refractivity contribution in [2.24, 2.45) is 0 Å². The van der Waals surface area contributed by atoms with Gasteiger partial charge in [-0.05, 0) is 49.7 Å². The van der Waals surface area contributed by atoms with E-state index in [1.165, 1.54) is 0 Å². The summed E-state index contributed by atoms with van der Waals surface area (Å²) in [5, 5.41) is 11.6. The Hall–Kier alpha value is -2.14. The zero-order valence-electron chi connectivity index (χ0n) is 13.1. The maximum Gasteiger partial charge on any atom is 0.233 e. The normalized spacial score (nSPS) is 12.0. The molecule has 1 aromatic carbocycles. The Kier molecular flexibility index (Phi) is 4.75. The van der Waals surface area contributed by atoms with E-state index in [4.69, 9.17) is 9.47 Å². The summed E-state index contributed by atoms with van der Waals surface area (Å²) in [6.07, 6.45) is 0. The fraction of sp³-hybridized carbons (Fsp3) is 0.375. The largest absolute Gasteiger partial charge is 0.496 e. The number of ether oxygens (including phenoxy) is 2. The van der Waals surface area contributed by atoms with Gasteiger partial charge in [-0.25, -0.2) is 0 Å². The Morgan fingerprint density at radius 3 is 2.29 bits per heavy atom. The van der Waals surface area contributed by atoms with Crippen LogP contribution in [0, 0.1) is 13.8 Å². The van der Waals surface area contributed by atoms with Crippen LogP contribution in [0.3, 0.4) is 0 Å². The Labute approximate surface area is 125 Å². The molecular weight excluding hydrogens is 266 g/mol. The minimum Gasteiger partial charge on any atom is -0.496 e. The molecule has 0 bridgehead atoms. The first kappa shape index (κ1) is 15.3. The van der Waals surface area contributed by atoms with E-state index in [9.17, 15) is 0 Å². The SMILES string of the molecule is CNC(c1ccc(OC)nn1)c1cc(C)c(OC)cc1C. The fourth-order valence-corrected chi connectivity index (χ4v) is 2.40. The van der Waals surface area contributed by atoms with E-state index in [0.29, 0.717) is 5.88 Å². The van der Waals surface area contributed by atoms with Gasteiger partial charge in [0, 0.05) is 6.07 Å². The number of nitrogens with zero attached hydrogens (tertiary/aromatic N) is 2. The zero-order chi connectivity index (χ0) is 15.4. The van der Waals surface area contributed by atoms with Crippen LogP contribution in [-0.2, 0) is 0 Å². The number of hydrogen-bond donors (Lipinski definition) is 1. The van der Waals surface area contributed by atoms with E-state index in [2.05, 4.69) is 28.5 Å². The molecule has 0 aliphatic rings. The van der Waals surface area contributed by atoms with Crippen molar-refractivity contribution in [1.82, 2.24) is 15.5 Å². The smallest absolute Gasteiger partial charge is 0.233 e. The molecule has 1 aromatic heterocycles. The molecule has 112 valence electrons. The van der Waals surface area contributed by atoms with Gasteiger partial charge in [-0.15, -0.1) is 10.2 Å². The van der Waals surface area contributed by atoms with Crippen LogP contribution in [0.1, 0.15) is 28.4 Å². The van der Waals surface area contributed by atoms with Crippen LogP contribution in [0.25, 0.3) is 0 Å². The van der Waals surface area contributed by atoms with Crippen molar-refractivity contribution in [3.8, 4) is 11.6 Å². The topological polar surface area (TPSA) is 56.3 Å². The van der Waals surface area contributed by atoms with Gasteiger partial charge in [0.25, 0.3) is 0 Å². The molecule has 0 radical (unpaired) electrons. The molecule has 5 nitrogen and oxygen atoms in total. The van der Waals surface area contributed by atoms with Crippen LogP contribution in [0.5, 0.6) is 11.6 Å². The Morgan fingerprint density at radius 2 is 1.76 bits per heavy atom. The molecule has 1 unspecified atom stereocenters. The maximum atomic E-state index is 5.37.